The molecule has 1 amide bonds. The van der Waals surface area contributed by atoms with Crippen molar-refractivity contribution in [2.24, 2.45) is 0 Å². The molecule has 2 aromatic rings. The monoisotopic (exact) mass is 394 g/mol. The zero-order valence-electron chi connectivity index (χ0n) is 15.1. The normalized spacial score (nSPS) is 18.0. The highest BCUT2D eigenvalue weighted by Gasteiger charge is 2.19. The van der Waals surface area contributed by atoms with Gasteiger partial charge in [-0.1, -0.05) is 25.1 Å². The highest BCUT2D eigenvalue weighted by atomic mass is 35.5. The van der Waals surface area contributed by atoms with Crippen LogP contribution in [0, 0.1) is 0 Å². The van der Waals surface area contributed by atoms with Gasteiger partial charge in [-0.2, -0.15) is 5.10 Å². The van der Waals surface area contributed by atoms with Crippen LogP contribution in [0.5, 0.6) is 0 Å². The van der Waals surface area contributed by atoms with Crippen molar-refractivity contribution in [3.63, 3.8) is 0 Å². The molecule has 2 unspecified atom stereocenters. The second-order valence-corrected chi connectivity index (χ2v) is 7.48. The zero-order valence-corrected chi connectivity index (χ0v) is 16.7. The van der Waals surface area contributed by atoms with Crippen molar-refractivity contribution < 1.29 is 4.79 Å². The Hall–Kier alpha value is -1.50. The fourth-order valence-corrected chi connectivity index (χ4v) is 4.02. The number of halogens is 1. The molecule has 2 atom stereocenters. The van der Waals surface area contributed by atoms with E-state index in [1.54, 1.807) is 11.8 Å². The molecule has 26 heavy (non-hydrogen) atoms. The van der Waals surface area contributed by atoms with Gasteiger partial charge in [0.25, 0.3) is 5.91 Å². The number of nitrogens with one attached hydrogen (secondary N) is 2. The summed E-state index contributed by atoms with van der Waals surface area (Å²) in [6.45, 7) is 4.10. The SMILES string of the molecule is CCC(CSc1ccccc1)NC(=O)c1ccn(C2CCCNC2)n1.Cl. The Bertz CT molecular complexity index is 673. The Morgan fingerprint density at radius 3 is 2.88 bits per heavy atom. The minimum atomic E-state index is -0.0805. The third kappa shape index (κ3) is 5.76. The third-order valence-corrected chi connectivity index (χ3v) is 5.68. The second kappa shape index (κ2) is 10.6. The molecule has 5 nitrogen and oxygen atoms in total. The maximum Gasteiger partial charge on any atom is 0.272 e. The van der Waals surface area contributed by atoms with Crippen molar-refractivity contribution in [2.75, 3.05) is 18.8 Å². The molecule has 1 aromatic heterocycles. The van der Waals surface area contributed by atoms with Gasteiger partial charge in [0.1, 0.15) is 5.69 Å². The van der Waals surface area contributed by atoms with E-state index in [2.05, 4.69) is 34.8 Å². The molecule has 0 radical (unpaired) electrons. The topological polar surface area (TPSA) is 59.0 Å². The largest absolute Gasteiger partial charge is 0.347 e. The van der Waals surface area contributed by atoms with Crippen LogP contribution >= 0.6 is 24.2 Å². The van der Waals surface area contributed by atoms with Gasteiger partial charge in [-0.25, -0.2) is 0 Å². The average Bonchev–Trinajstić information content (AvgIpc) is 3.17. The maximum atomic E-state index is 12.5. The predicted molar refractivity (Wildman–Crippen MR) is 109 cm³/mol. The summed E-state index contributed by atoms with van der Waals surface area (Å²) in [4.78, 5) is 13.7. The minimum Gasteiger partial charge on any atom is -0.347 e. The van der Waals surface area contributed by atoms with Crippen LogP contribution in [-0.4, -0.2) is 40.6 Å². The van der Waals surface area contributed by atoms with E-state index in [-0.39, 0.29) is 24.4 Å². The quantitative estimate of drug-likeness (QED) is 0.705. The van der Waals surface area contributed by atoms with Gasteiger partial charge < -0.3 is 10.6 Å². The van der Waals surface area contributed by atoms with E-state index in [0.29, 0.717) is 11.7 Å². The Kier molecular flexibility index (Phi) is 8.48. The minimum absolute atomic E-state index is 0. The van der Waals surface area contributed by atoms with E-state index in [1.165, 1.54) is 4.90 Å². The van der Waals surface area contributed by atoms with Crippen LogP contribution in [0.3, 0.4) is 0 Å². The Morgan fingerprint density at radius 1 is 1.38 bits per heavy atom. The third-order valence-electron chi connectivity index (χ3n) is 4.51. The van der Waals surface area contributed by atoms with Gasteiger partial charge in [-0.05, 0) is 44.0 Å². The smallest absolute Gasteiger partial charge is 0.272 e. The van der Waals surface area contributed by atoms with Gasteiger partial charge in [0, 0.05) is 29.4 Å². The lowest BCUT2D eigenvalue weighted by atomic mass is 10.1. The van der Waals surface area contributed by atoms with E-state index in [0.717, 1.165) is 38.1 Å². The fourth-order valence-electron chi connectivity index (χ4n) is 2.96. The van der Waals surface area contributed by atoms with Crippen LogP contribution in [0.25, 0.3) is 0 Å². The number of aromatic nitrogens is 2. The lowest BCUT2D eigenvalue weighted by Crippen LogP contribution is -2.36. The summed E-state index contributed by atoms with van der Waals surface area (Å²) >= 11 is 1.77. The van der Waals surface area contributed by atoms with Gasteiger partial charge in [0.2, 0.25) is 0 Å². The molecule has 1 aliphatic rings. The number of piperidine rings is 1. The van der Waals surface area contributed by atoms with Gasteiger partial charge in [0.05, 0.1) is 6.04 Å². The van der Waals surface area contributed by atoms with Gasteiger partial charge in [-0.15, -0.1) is 24.2 Å². The van der Waals surface area contributed by atoms with E-state index >= 15 is 0 Å². The summed E-state index contributed by atoms with van der Waals surface area (Å²) in [6.07, 6.45) is 5.09. The van der Waals surface area contributed by atoms with Crippen LogP contribution in [0.2, 0.25) is 0 Å². The molecule has 1 saturated heterocycles. The number of hydrogen-bond donors (Lipinski definition) is 2. The predicted octanol–water partition coefficient (Wildman–Crippen LogP) is 3.53. The first-order chi connectivity index (χ1) is 12.3. The molecule has 0 bridgehead atoms. The molecule has 0 saturated carbocycles. The summed E-state index contributed by atoms with van der Waals surface area (Å²) in [7, 11) is 0. The molecule has 1 fully saturated rings. The van der Waals surface area contributed by atoms with Gasteiger partial charge >= 0.3 is 0 Å². The summed E-state index contributed by atoms with van der Waals surface area (Å²) < 4.78 is 1.93. The zero-order chi connectivity index (χ0) is 17.5. The number of carbonyl (C=O) groups excluding carboxylic acids is 1. The van der Waals surface area contributed by atoms with Crippen LogP contribution in [0.15, 0.2) is 47.5 Å². The molecule has 1 aromatic carbocycles. The van der Waals surface area contributed by atoms with Crippen molar-refractivity contribution in [2.45, 2.75) is 43.2 Å². The van der Waals surface area contributed by atoms with Crippen LogP contribution < -0.4 is 10.6 Å². The Balaban J connectivity index is 0.00000243. The van der Waals surface area contributed by atoms with E-state index < -0.39 is 0 Å². The summed E-state index contributed by atoms with van der Waals surface area (Å²) in [5, 5.41) is 11.0. The lowest BCUT2D eigenvalue weighted by Gasteiger charge is -2.23. The molecule has 2 heterocycles. The molecular formula is C19H27ClN4OS. The van der Waals surface area contributed by atoms with Crippen molar-refractivity contribution in [3.05, 3.63) is 48.3 Å². The molecule has 3 rings (SSSR count). The molecule has 2 N–H and O–H groups in total. The first kappa shape index (κ1) is 20.8. The summed E-state index contributed by atoms with van der Waals surface area (Å²) in [5.74, 6) is 0.780. The fraction of sp³-hybridized carbons (Fsp3) is 0.474. The number of amides is 1. The average molecular weight is 395 g/mol. The highest BCUT2D eigenvalue weighted by Crippen LogP contribution is 2.19. The van der Waals surface area contributed by atoms with Crippen molar-refractivity contribution >= 4 is 30.1 Å². The Morgan fingerprint density at radius 2 is 2.19 bits per heavy atom. The van der Waals surface area contributed by atoms with Crippen molar-refractivity contribution in [1.82, 2.24) is 20.4 Å². The van der Waals surface area contributed by atoms with Crippen molar-refractivity contribution in [1.29, 1.82) is 0 Å². The van der Waals surface area contributed by atoms with Crippen molar-refractivity contribution in [3.8, 4) is 0 Å². The van der Waals surface area contributed by atoms with Gasteiger partial charge in [0.15, 0.2) is 0 Å². The van der Waals surface area contributed by atoms with E-state index in [4.69, 9.17) is 0 Å². The number of nitrogens with zero attached hydrogens (tertiary/aromatic N) is 2. The van der Waals surface area contributed by atoms with E-state index in [9.17, 15) is 4.79 Å². The molecule has 0 spiro atoms. The molecule has 1 aliphatic heterocycles. The maximum absolute atomic E-state index is 12.5. The first-order valence-electron chi connectivity index (χ1n) is 9.01. The van der Waals surface area contributed by atoms with Crippen LogP contribution in [-0.2, 0) is 0 Å². The number of carbonyl (C=O) groups is 1. The number of thioether (sulfide) groups is 1. The van der Waals surface area contributed by atoms with Crippen LogP contribution in [0.4, 0.5) is 0 Å². The number of hydrogen-bond acceptors (Lipinski definition) is 4. The summed E-state index contributed by atoms with van der Waals surface area (Å²) in [6, 6.07) is 12.6. The Labute approximate surface area is 165 Å². The molecule has 7 heteroatoms. The molecular weight excluding hydrogens is 368 g/mol. The number of rotatable bonds is 7. The lowest BCUT2D eigenvalue weighted by molar-refractivity contribution is 0.0933. The summed E-state index contributed by atoms with van der Waals surface area (Å²) in [5.41, 5.74) is 0.508. The second-order valence-electron chi connectivity index (χ2n) is 6.38. The standard InChI is InChI=1S/C19H26N4OS.ClH/c1-2-15(14-25-17-8-4-3-5-9-17)21-19(24)18-10-12-23(22-18)16-7-6-11-20-13-16;/h3-5,8-10,12,15-16,20H,2,6-7,11,13-14H2,1H3,(H,21,24);1H. The van der Waals surface area contributed by atoms with Crippen LogP contribution in [0.1, 0.15) is 42.7 Å². The van der Waals surface area contributed by atoms with Gasteiger partial charge in [-0.3, -0.25) is 9.48 Å². The first-order valence-corrected chi connectivity index (χ1v) is 9.99. The molecule has 142 valence electrons. The highest BCUT2D eigenvalue weighted by molar-refractivity contribution is 7.99. The number of benzene rings is 1. The molecule has 0 aliphatic carbocycles. The van der Waals surface area contributed by atoms with E-state index in [1.807, 2.05) is 35.1 Å².